The minimum Gasteiger partial charge on any atom is -0.363 e. The summed E-state index contributed by atoms with van der Waals surface area (Å²) in [5, 5.41) is 4.31. The van der Waals surface area contributed by atoms with Gasteiger partial charge in [-0.05, 0) is 43.6 Å². The molecule has 3 rings (SSSR count). The van der Waals surface area contributed by atoms with E-state index in [1.165, 1.54) is 25.7 Å². The van der Waals surface area contributed by atoms with Gasteiger partial charge >= 0.3 is 0 Å². The summed E-state index contributed by atoms with van der Waals surface area (Å²) < 4.78 is 0. The standard InChI is InChI=1S/C18H26N4S/c1-2-12-19-18(23)22(14-7-3-4-8-14)13-11-17-20-15-9-5-6-10-16(15)21-17/h5-6,9-10,14H,2-4,7-8,11-13H2,1H3,(H,19,23)(H,20,21). The highest BCUT2D eigenvalue weighted by Gasteiger charge is 2.24. The van der Waals surface area contributed by atoms with Gasteiger partial charge in [0.05, 0.1) is 11.0 Å². The van der Waals surface area contributed by atoms with Gasteiger partial charge in [0.1, 0.15) is 5.82 Å². The van der Waals surface area contributed by atoms with Crippen molar-refractivity contribution in [1.29, 1.82) is 0 Å². The van der Waals surface area contributed by atoms with Crippen LogP contribution in [0.25, 0.3) is 11.0 Å². The second kappa shape index (κ2) is 7.77. The molecule has 1 aliphatic carbocycles. The van der Waals surface area contributed by atoms with Gasteiger partial charge in [0.25, 0.3) is 0 Å². The van der Waals surface area contributed by atoms with Crippen molar-refractivity contribution in [3.63, 3.8) is 0 Å². The van der Waals surface area contributed by atoms with Crippen LogP contribution in [0.15, 0.2) is 24.3 Å². The lowest BCUT2D eigenvalue weighted by Crippen LogP contribution is -2.46. The lowest BCUT2D eigenvalue weighted by atomic mass is 10.2. The first-order valence-electron chi connectivity index (χ1n) is 8.76. The van der Waals surface area contributed by atoms with Gasteiger partial charge in [-0.2, -0.15) is 0 Å². The third-order valence-corrected chi connectivity index (χ3v) is 4.96. The zero-order valence-corrected chi connectivity index (χ0v) is 14.7. The zero-order chi connectivity index (χ0) is 16.1. The number of nitrogens with one attached hydrogen (secondary N) is 2. The Morgan fingerprint density at radius 1 is 1.35 bits per heavy atom. The molecule has 2 N–H and O–H groups in total. The van der Waals surface area contributed by atoms with Crippen LogP contribution < -0.4 is 5.32 Å². The number of hydrogen-bond donors (Lipinski definition) is 2. The Morgan fingerprint density at radius 3 is 2.87 bits per heavy atom. The molecule has 1 heterocycles. The van der Waals surface area contributed by atoms with Crippen LogP contribution in [0.3, 0.4) is 0 Å². The smallest absolute Gasteiger partial charge is 0.169 e. The Bertz CT molecular complexity index is 612. The maximum Gasteiger partial charge on any atom is 0.169 e. The number of nitrogens with zero attached hydrogens (tertiary/aromatic N) is 2. The van der Waals surface area contributed by atoms with Crippen LogP contribution in [0, 0.1) is 0 Å². The summed E-state index contributed by atoms with van der Waals surface area (Å²) in [6, 6.07) is 8.79. The van der Waals surface area contributed by atoms with Crippen LogP contribution in [-0.4, -0.2) is 39.1 Å². The normalized spacial score (nSPS) is 15.2. The molecule has 124 valence electrons. The molecule has 23 heavy (non-hydrogen) atoms. The summed E-state index contributed by atoms with van der Waals surface area (Å²) in [5.74, 6) is 1.05. The van der Waals surface area contributed by atoms with Gasteiger partial charge in [-0.15, -0.1) is 0 Å². The number of H-pyrrole nitrogens is 1. The van der Waals surface area contributed by atoms with E-state index in [1.807, 2.05) is 12.1 Å². The molecule has 5 heteroatoms. The van der Waals surface area contributed by atoms with E-state index in [2.05, 4.69) is 39.2 Å². The number of rotatable bonds is 6. The van der Waals surface area contributed by atoms with Gasteiger partial charge < -0.3 is 15.2 Å². The largest absolute Gasteiger partial charge is 0.363 e. The molecule has 0 bridgehead atoms. The van der Waals surface area contributed by atoms with Crippen molar-refractivity contribution in [3.8, 4) is 0 Å². The van der Waals surface area contributed by atoms with Crippen LogP contribution in [-0.2, 0) is 6.42 Å². The quantitative estimate of drug-likeness (QED) is 0.794. The highest BCUT2D eigenvalue weighted by molar-refractivity contribution is 7.80. The monoisotopic (exact) mass is 330 g/mol. The van der Waals surface area contributed by atoms with Crippen molar-refractivity contribution in [3.05, 3.63) is 30.1 Å². The number of aromatic amines is 1. The van der Waals surface area contributed by atoms with E-state index in [-0.39, 0.29) is 0 Å². The molecule has 2 aromatic rings. The third-order valence-electron chi connectivity index (χ3n) is 4.58. The number of imidazole rings is 1. The molecule has 1 fully saturated rings. The average molecular weight is 331 g/mol. The van der Waals surface area contributed by atoms with Gasteiger partial charge in [-0.3, -0.25) is 0 Å². The van der Waals surface area contributed by atoms with E-state index in [0.29, 0.717) is 6.04 Å². The molecule has 0 radical (unpaired) electrons. The molecule has 1 saturated carbocycles. The predicted molar refractivity (Wildman–Crippen MR) is 99.7 cm³/mol. The number of aromatic nitrogens is 2. The van der Waals surface area contributed by atoms with Crippen LogP contribution in [0.1, 0.15) is 44.9 Å². The fourth-order valence-electron chi connectivity index (χ4n) is 3.35. The molecule has 1 aliphatic rings. The lowest BCUT2D eigenvalue weighted by Gasteiger charge is -2.31. The molecule has 1 aromatic carbocycles. The third kappa shape index (κ3) is 4.02. The van der Waals surface area contributed by atoms with Gasteiger partial charge in [0.15, 0.2) is 5.11 Å². The number of hydrogen-bond acceptors (Lipinski definition) is 2. The van der Waals surface area contributed by atoms with Crippen molar-refractivity contribution in [2.75, 3.05) is 13.1 Å². The molecule has 0 aliphatic heterocycles. The van der Waals surface area contributed by atoms with E-state index in [4.69, 9.17) is 12.2 Å². The highest BCUT2D eigenvalue weighted by atomic mass is 32.1. The van der Waals surface area contributed by atoms with Crippen molar-refractivity contribution in [2.45, 2.75) is 51.5 Å². The molecule has 0 spiro atoms. The summed E-state index contributed by atoms with van der Waals surface area (Å²) >= 11 is 5.64. The maximum atomic E-state index is 5.64. The van der Waals surface area contributed by atoms with Crippen molar-refractivity contribution < 1.29 is 0 Å². The second-order valence-corrected chi connectivity index (χ2v) is 6.70. The van der Waals surface area contributed by atoms with E-state index in [1.54, 1.807) is 0 Å². The molecule has 1 aromatic heterocycles. The summed E-state index contributed by atoms with van der Waals surface area (Å²) in [7, 11) is 0. The SMILES string of the molecule is CCCNC(=S)N(CCc1nc2ccccc2[nH]1)C1CCCC1. The zero-order valence-electron chi connectivity index (χ0n) is 13.8. The fraction of sp³-hybridized carbons (Fsp3) is 0.556. The first-order chi connectivity index (χ1) is 11.3. The Morgan fingerprint density at radius 2 is 2.13 bits per heavy atom. The van der Waals surface area contributed by atoms with Gasteiger partial charge in [0, 0.05) is 25.6 Å². The summed E-state index contributed by atoms with van der Waals surface area (Å²) in [5.41, 5.74) is 2.16. The van der Waals surface area contributed by atoms with E-state index in [0.717, 1.165) is 47.9 Å². The van der Waals surface area contributed by atoms with Crippen LogP contribution >= 0.6 is 12.2 Å². The van der Waals surface area contributed by atoms with Crippen molar-refractivity contribution >= 4 is 28.4 Å². The van der Waals surface area contributed by atoms with Crippen molar-refractivity contribution in [2.24, 2.45) is 0 Å². The second-order valence-electron chi connectivity index (χ2n) is 6.31. The Hall–Kier alpha value is -1.62. The van der Waals surface area contributed by atoms with Gasteiger partial charge in [-0.25, -0.2) is 4.98 Å². The molecule has 0 saturated heterocycles. The first-order valence-corrected chi connectivity index (χ1v) is 9.17. The van der Waals surface area contributed by atoms with E-state index < -0.39 is 0 Å². The minimum atomic E-state index is 0.594. The molecule has 0 atom stereocenters. The fourth-order valence-corrected chi connectivity index (χ4v) is 3.69. The maximum absolute atomic E-state index is 5.64. The number of thiocarbonyl (C=S) groups is 1. The average Bonchev–Trinajstić information content (AvgIpc) is 3.22. The Labute approximate surface area is 143 Å². The summed E-state index contributed by atoms with van der Waals surface area (Å²) in [4.78, 5) is 10.5. The first kappa shape index (κ1) is 16.2. The Balaban J connectivity index is 1.66. The molecule has 0 unspecified atom stereocenters. The number of para-hydroxylation sites is 2. The summed E-state index contributed by atoms with van der Waals surface area (Å²) in [6.45, 7) is 4.05. The Kier molecular flexibility index (Phi) is 5.49. The molecule has 0 amide bonds. The lowest BCUT2D eigenvalue weighted by molar-refractivity contribution is 0.312. The van der Waals surface area contributed by atoms with Crippen LogP contribution in [0.5, 0.6) is 0 Å². The van der Waals surface area contributed by atoms with E-state index >= 15 is 0 Å². The van der Waals surface area contributed by atoms with E-state index in [9.17, 15) is 0 Å². The van der Waals surface area contributed by atoms with Crippen LogP contribution in [0.2, 0.25) is 0 Å². The predicted octanol–water partition coefficient (Wildman–Crippen LogP) is 3.63. The molecule has 4 nitrogen and oxygen atoms in total. The molecular weight excluding hydrogens is 304 g/mol. The topological polar surface area (TPSA) is 44.0 Å². The van der Waals surface area contributed by atoms with Crippen molar-refractivity contribution in [1.82, 2.24) is 20.2 Å². The number of benzene rings is 1. The minimum absolute atomic E-state index is 0.594. The van der Waals surface area contributed by atoms with Crippen LogP contribution in [0.4, 0.5) is 0 Å². The number of fused-ring (bicyclic) bond motifs is 1. The van der Waals surface area contributed by atoms with Gasteiger partial charge in [0.2, 0.25) is 0 Å². The molecular formula is C18H26N4S. The highest BCUT2D eigenvalue weighted by Crippen LogP contribution is 2.24. The van der Waals surface area contributed by atoms with Gasteiger partial charge in [-0.1, -0.05) is 31.9 Å². The summed E-state index contributed by atoms with van der Waals surface area (Å²) in [6.07, 6.45) is 7.16.